The third-order valence-electron chi connectivity index (χ3n) is 5.47. The summed E-state index contributed by atoms with van der Waals surface area (Å²) in [7, 11) is -3.69. The average molecular weight is 401 g/mol. The molecule has 3 rings (SSSR count). The van der Waals surface area contributed by atoms with Gasteiger partial charge in [0.15, 0.2) is 0 Å². The van der Waals surface area contributed by atoms with Crippen LogP contribution in [0.5, 0.6) is 0 Å². The maximum atomic E-state index is 13.4. The Balaban J connectivity index is 2.01. The third-order valence-corrected chi connectivity index (χ3v) is 7.40. The Kier molecular flexibility index (Phi) is 6.20. The minimum Gasteiger partial charge on any atom is -0.343 e. The number of benzene rings is 2. The van der Waals surface area contributed by atoms with Crippen LogP contribution in [0.4, 0.5) is 0 Å². The minimum atomic E-state index is -3.69. The zero-order chi connectivity index (χ0) is 20.3. The first kappa shape index (κ1) is 20.6. The lowest BCUT2D eigenvalue weighted by Crippen LogP contribution is -2.43. The SMILES string of the molecule is CCN(CC)C(=O)CC1c2ccccc2CCN1S(=O)(=O)c1ccc(C)cc1. The highest BCUT2D eigenvalue weighted by molar-refractivity contribution is 7.89. The third kappa shape index (κ3) is 3.98. The van der Waals surface area contributed by atoms with Gasteiger partial charge in [-0.3, -0.25) is 4.79 Å². The number of aryl methyl sites for hydroxylation is 1. The van der Waals surface area contributed by atoms with Gasteiger partial charge < -0.3 is 4.90 Å². The summed E-state index contributed by atoms with van der Waals surface area (Å²) in [4.78, 5) is 14.9. The molecular weight excluding hydrogens is 372 g/mol. The maximum absolute atomic E-state index is 13.4. The van der Waals surface area contributed by atoms with Crippen LogP contribution in [0.15, 0.2) is 53.4 Å². The molecule has 0 aliphatic carbocycles. The summed E-state index contributed by atoms with van der Waals surface area (Å²) >= 11 is 0. The van der Waals surface area contributed by atoms with Crippen LogP contribution in [0.2, 0.25) is 0 Å². The van der Waals surface area contributed by atoms with Crippen LogP contribution in [0.25, 0.3) is 0 Å². The summed E-state index contributed by atoms with van der Waals surface area (Å²) in [6, 6.07) is 14.3. The molecule has 0 saturated heterocycles. The summed E-state index contributed by atoms with van der Waals surface area (Å²) in [5.41, 5.74) is 3.07. The molecule has 0 spiro atoms. The van der Waals surface area contributed by atoms with Crippen molar-refractivity contribution in [1.82, 2.24) is 9.21 Å². The first-order valence-electron chi connectivity index (χ1n) is 9.82. The molecule has 5 nitrogen and oxygen atoms in total. The molecule has 0 N–H and O–H groups in total. The van der Waals surface area contributed by atoms with E-state index in [2.05, 4.69) is 0 Å². The van der Waals surface area contributed by atoms with Crippen LogP contribution >= 0.6 is 0 Å². The number of amides is 1. The number of hydrogen-bond donors (Lipinski definition) is 0. The number of hydrogen-bond acceptors (Lipinski definition) is 3. The molecule has 1 aliphatic heterocycles. The number of carbonyl (C=O) groups is 1. The molecule has 0 bridgehead atoms. The second-order valence-corrected chi connectivity index (χ2v) is 9.05. The largest absolute Gasteiger partial charge is 0.343 e. The molecule has 2 aromatic carbocycles. The Morgan fingerprint density at radius 2 is 1.71 bits per heavy atom. The van der Waals surface area contributed by atoms with Crippen molar-refractivity contribution in [2.24, 2.45) is 0 Å². The van der Waals surface area contributed by atoms with E-state index in [1.165, 1.54) is 4.31 Å². The van der Waals surface area contributed by atoms with Crippen molar-refractivity contribution in [3.63, 3.8) is 0 Å². The van der Waals surface area contributed by atoms with Crippen LogP contribution in [-0.2, 0) is 21.2 Å². The van der Waals surface area contributed by atoms with E-state index in [9.17, 15) is 13.2 Å². The van der Waals surface area contributed by atoms with Gasteiger partial charge in [-0.25, -0.2) is 8.42 Å². The van der Waals surface area contributed by atoms with Gasteiger partial charge in [-0.15, -0.1) is 0 Å². The van der Waals surface area contributed by atoms with E-state index in [1.807, 2.05) is 45.0 Å². The number of carbonyl (C=O) groups excluding carboxylic acids is 1. The van der Waals surface area contributed by atoms with E-state index in [1.54, 1.807) is 29.2 Å². The van der Waals surface area contributed by atoms with Gasteiger partial charge in [-0.1, -0.05) is 42.0 Å². The van der Waals surface area contributed by atoms with Crippen LogP contribution in [0, 0.1) is 6.92 Å². The van der Waals surface area contributed by atoms with Gasteiger partial charge in [-0.05, 0) is 50.5 Å². The zero-order valence-electron chi connectivity index (χ0n) is 16.8. The normalized spacial score (nSPS) is 17.2. The van der Waals surface area contributed by atoms with E-state index in [0.29, 0.717) is 26.1 Å². The Morgan fingerprint density at radius 1 is 1.07 bits per heavy atom. The molecule has 0 aromatic heterocycles. The summed E-state index contributed by atoms with van der Waals surface area (Å²) in [6.45, 7) is 7.43. The van der Waals surface area contributed by atoms with Crippen molar-refractivity contribution in [3.8, 4) is 0 Å². The fourth-order valence-corrected chi connectivity index (χ4v) is 5.45. The number of rotatable bonds is 6. The maximum Gasteiger partial charge on any atom is 0.243 e. The zero-order valence-corrected chi connectivity index (χ0v) is 17.6. The highest BCUT2D eigenvalue weighted by Crippen LogP contribution is 2.36. The van der Waals surface area contributed by atoms with Gasteiger partial charge in [0.05, 0.1) is 10.9 Å². The van der Waals surface area contributed by atoms with E-state index < -0.39 is 16.1 Å². The lowest BCUT2D eigenvalue weighted by Gasteiger charge is -2.37. The summed E-state index contributed by atoms with van der Waals surface area (Å²) in [5, 5.41) is 0. The summed E-state index contributed by atoms with van der Waals surface area (Å²) in [5.74, 6) is -0.0178. The molecule has 150 valence electrons. The molecule has 2 aromatic rings. The van der Waals surface area contributed by atoms with Crippen molar-refractivity contribution < 1.29 is 13.2 Å². The van der Waals surface area contributed by atoms with E-state index in [-0.39, 0.29) is 17.2 Å². The molecule has 1 amide bonds. The van der Waals surface area contributed by atoms with Gasteiger partial charge in [0, 0.05) is 26.1 Å². The molecule has 0 fully saturated rings. The highest BCUT2D eigenvalue weighted by atomic mass is 32.2. The average Bonchev–Trinajstić information content (AvgIpc) is 2.69. The van der Waals surface area contributed by atoms with Crippen molar-refractivity contribution in [2.45, 2.75) is 44.6 Å². The van der Waals surface area contributed by atoms with Crippen molar-refractivity contribution >= 4 is 15.9 Å². The monoisotopic (exact) mass is 400 g/mol. The predicted molar refractivity (Wildman–Crippen MR) is 111 cm³/mol. The van der Waals surface area contributed by atoms with Crippen LogP contribution in [0.3, 0.4) is 0 Å². The van der Waals surface area contributed by atoms with E-state index in [0.717, 1.165) is 16.7 Å². The summed E-state index contributed by atoms with van der Waals surface area (Å²) in [6.07, 6.45) is 0.807. The lowest BCUT2D eigenvalue weighted by atomic mass is 9.92. The molecule has 1 aliphatic rings. The van der Waals surface area contributed by atoms with Gasteiger partial charge in [0.25, 0.3) is 0 Å². The first-order valence-corrected chi connectivity index (χ1v) is 11.3. The predicted octanol–water partition coefficient (Wildman–Crippen LogP) is 3.54. The Hall–Kier alpha value is -2.18. The first-order chi connectivity index (χ1) is 13.4. The minimum absolute atomic E-state index is 0.0178. The summed E-state index contributed by atoms with van der Waals surface area (Å²) < 4.78 is 28.3. The standard InChI is InChI=1S/C22H28N2O3S/c1-4-23(5-2)22(25)16-21-20-9-7-6-8-18(20)14-15-24(21)28(26,27)19-12-10-17(3)11-13-19/h6-13,21H,4-5,14-16H2,1-3H3. The molecule has 0 radical (unpaired) electrons. The lowest BCUT2D eigenvalue weighted by molar-refractivity contribution is -0.131. The number of fused-ring (bicyclic) bond motifs is 1. The topological polar surface area (TPSA) is 57.7 Å². The van der Waals surface area contributed by atoms with Gasteiger partial charge >= 0.3 is 0 Å². The second kappa shape index (κ2) is 8.45. The molecular formula is C22H28N2O3S. The number of sulfonamides is 1. The molecule has 1 atom stereocenters. The molecule has 1 unspecified atom stereocenters. The fraction of sp³-hybridized carbons (Fsp3) is 0.409. The van der Waals surface area contributed by atoms with E-state index >= 15 is 0 Å². The number of nitrogens with zero attached hydrogens (tertiary/aromatic N) is 2. The fourth-order valence-electron chi connectivity index (χ4n) is 3.84. The van der Waals surface area contributed by atoms with Gasteiger partial charge in [0.1, 0.15) is 0 Å². The Bertz CT molecular complexity index is 935. The highest BCUT2D eigenvalue weighted by Gasteiger charge is 2.37. The van der Waals surface area contributed by atoms with E-state index in [4.69, 9.17) is 0 Å². The Labute approximate surface area is 168 Å². The van der Waals surface area contributed by atoms with Gasteiger partial charge in [0.2, 0.25) is 15.9 Å². The smallest absolute Gasteiger partial charge is 0.243 e. The van der Waals surface area contributed by atoms with Crippen LogP contribution in [-0.4, -0.2) is 43.2 Å². The Morgan fingerprint density at radius 3 is 2.36 bits per heavy atom. The second-order valence-electron chi connectivity index (χ2n) is 7.16. The van der Waals surface area contributed by atoms with Crippen molar-refractivity contribution in [2.75, 3.05) is 19.6 Å². The quantitative estimate of drug-likeness (QED) is 0.745. The molecule has 1 heterocycles. The van der Waals surface area contributed by atoms with Crippen molar-refractivity contribution in [3.05, 3.63) is 65.2 Å². The van der Waals surface area contributed by atoms with Crippen molar-refractivity contribution in [1.29, 1.82) is 0 Å². The molecule has 6 heteroatoms. The van der Waals surface area contributed by atoms with Gasteiger partial charge in [-0.2, -0.15) is 4.31 Å². The van der Waals surface area contributed by atoms with Crippen LogP contribution < -0.4 is 0 Å². The molecule has 0 saturated carbocycles. The molecule has 28 heavy (non-hydrogen) atoms. The van der Waals surface area contributed by atoms with Crippen LogP contribution in [0.1, 0.15) is 43.0 Å².